The summed E-state index contributed by atoms with van der Waals surface area (Å²) in [6, 6.07) is -0.0911. The number of amides is 2. The second-order valence-electron chi connectivity index (χ2n) is 5.80. The van der Waals surface area contributed by atoms with E-state index in [1.807, 2.05) is 11.6 Å². The number of carbonyl (C=O) groups is 1. The number of nitrogens with one attached hydrogen (secondary N) is 2. The van der Waals surface area contributed by atoms with Crippen molar-refractivity contribution in [2.45, 2.75) is 38.6 Å². The number of hydrogen-bond acceptors (Lipinski definition) is 4. The molecule has 2 amide bonds. The number of anilines is 2. The van der Waals surface area contributed by atoms with Crippen molar-refractivity contribution in [3.05, 3.63) is 34.6 Å². The minimum atomic E-state index is -0.505. The fourth-order valence-electron chi connectivity index (χ4n) is 2.91. The summed E-state index contributed by atoms with van der Waals surface area (Å²) < 4.78 is 3.33. The highest BCUT2D eigenvalue weighted by Gasteiger charge is 2.21. The lowest BCUT2D eigenvalue weighted by atomic mass is 10.2. The molecule has 0 spiro atoms. The third-order valence-electron chi connectivity index (χ3n) is 4.21. The standard InChI is InChI=1S/C15H20N6O2/c1-10-12(9-17-21(10)11-5-3-4-6-11)18-15(23)19-13-14(22)20(2)8-7-16-13/h7-9,11H,3-6H2,1-2H3,(H2,16,18,19,23). The molecule has 1 aliphatic carbocycles. The van der Waals surface area contributed by atoms with Gasteiger partial charge >= 0.3 is 6.03 Å². The third-order valence-corrected chi connectivity index (χ3v) is 4.21. The van der Waals surface area contributed by atoms with Gasteiger partial charge in [0, 0.05) is 19.4 Å². The number of aromatic nitrogens is 4. The van der Waals surface area contributed by atoms with Gasteiger partial charge in [-0.1, -0.05) is 12.8 Å². The van der Waals surface area contributed by atoms with Crippen LogP contribution in [0.15, 0.2) is 23.4 Å². The van der Waals surface area contributed by atoms with E-state index in [1.54, 1.807) is 13.2 Å². The van der Waals surface area contributed by atoms with Gasteiger partial charge in [-0.2, -0.15) is 5.10 Å². The highest BCUT2D eigenvalue weighted by Crippen LogP contribution is 2.31. The van der Waals surface area contributed by atoms with E-state index in [4.69, 9.17) is 0 Å². The molecule has 0 unspecified atom stereocenters. The average molecular weight is 316 g/mol. The van der Waals surface area contributed by atoms with Crippen LogP contribution in [0.3, 0.4) is 0 Å². The van der Waals surface area contributed by atoms with Crippen molar-refractivity contribution in [1.82, 2.24) is 19.3 Å². The van der Waals surface area contributed by atoms with Crippen molar-refractivity contribution in [2.75, 3.05) is 10.6 Å². The molecule has 1 aliphatic rings. The zero-order valence-electron chi connectivity index (χ0n) is 13.2. The summed E-state index contributed by atoms with van der Waals surface area (Å²) in [5, 5.41) is 9.58. The van der Waals surface area contributed by atoms with E-state index < -0.39 is 6.03 Å². The normalized spacial score (nSPS) is 14.9. The summed E-state index contributed by atoms with van der Waals surface area (Å²) in [6.45, 7) is 1.93. The Bertz CT molecular complexity index is 773. The first-order valence-corrected chi connectivity index (χ1v) is 7.70. The minimum Gasteiger partial charge on any atom is -0.314 e. The number of urea groups is 1. The number of hydrogen-bond donors (Lipinski definition) is 2. The molecule has 8 heteroatoms. The monoisotopic (exact) mass is 316 g/mol. The molecule has 0 aromatic carbocycles. The first-order valence-electron chi connectivity index (χ1n) is 7.70. The molecular weight excluding hydrogens is 296 g/mol. The van der Waals surface area contributed by atoms with Crippen LogP contribution < -0.4 is 16.2 Å². The number of aryl methyl sites for hydroxylation is 1. The molecule has 2 aromatic heterocycles. The number of carbonyl (C=O) groups excluding carboxylic acids is 1. The van der Waals surface area contributed by atoms with Crippen molar-refractivity contribution in [2.24, 2.45) is 7.05 Å². The summed E-state index contributed by atoms with van der Waals surface area (Å²) in [6.07, 6.45) is 9.31. The minimum absolute atomic E-state index is 0.00617. The molecule has 0 bridgehead atoms. The number of nitrogens with zero attached hydrogens (tertiary/aromatic N) is 4. The Morgan fingerprint density at radius 1 is 1.30 bits per heavy atom. The van der Waals surface area contributed by atoms with E-state index in [1.165, 1.54) is 29.8 Å². The summed E-state index contributed by atoms with van der Waals surface area (Å²) in [5.74, 6) is -0.00617. The van der Waals surface area contributed by atoms with Gasteiger partial charge in [0.05, 0.1) is 23.6 Å². The quantitative estimate of drug-likeness (QED) is 0.906. The molecule has 2 heterocycles. The van der Waals surface area contributed by atoms with Gasteiger partial charge in [-0.25, -0.2) is 9.78 Å². The zero-order valence-corrected chi connectivity index (χ0v) is 13.2. The molecular formula is C15H20N6O2. The maximum Gasteiger partial charge on any atom is 0.325 e. The largest absolute Gasteiger partial charge is 0.325 e. The summed E-state index contributed by atoms with van der Waals surface area (Å²) in [4.78, 5) is 27.8. The van der Waals surface area contributed by atoms with Crippen LogP contribution in [-0.2, 0) is 7.05 Å². The maximum atomic E-state index is 12.1. The van der Waals surface area contributed by atoms with Crippen LogP contribution in [0.4, 0.5) is 16.3 Å². The molecule has 8 nitrogen and oxygen atoms in total. The fraction of sp³-hybridized carbons (Fsp3) is 0.467. The van der Waals surface area contributed by atoms with E-state index in [-0.39, 0.29) is 11.4 Å². The van der Waals surface area contributed by atoms with E-state index in [0.717, 1.165) is 18.5 Å². The van der Waals surface area contributed by atoms with Gasteiger partial charge in [-0.3, -0.25) is 14.8 Å². The Kier molecular flexibility index (Phi) is 4.14. The Balaban J connectivity index is 1.71. The molecule has 2 N–H and O–H groups in total. The van der Waals surface area contributed by atoms with Crippen molar-refractivity contribution >= 4 is 17.5 Å². The van der Waals surface area contributed by atoms with Crippen LogP contribution in [0, 0.1) is 6.92 Å². The predicted molar refractivity (Wildman–Crippen MR) is 86.6 cm³/mol. The van der Waals surface area contributed by atoms with Gasteiger partial charge in [-0.05, 0) is 19.8 Å². The Morgan fingerprint density at radius 3 is 2.78 bits per heavy atom. The molecule has 3 rings (SSSR count). The van der Waals surface area contributed by atoms with Crippen molar-refractivity contribution in [1.29, 1.82) is 0 Å². The van der Waals surface area contributed by atoms with Crippen LogP contribution >= 0.6 is 0 Å². The highest BCUT2D eigenvalue weighted by molar-refractivity contribution is 5.99. The first-order chi connectivity index (χ1) is 11.1. The summed E-state index contributed by atoms with van der Waals surface area (Å²) >= 11 is 0. The van der Waals surface area contributed by atoms with Gasteiger partial charge in [0.15, 0.2) is 0 Å². The second kappa shape index (κ2) is 6.23. The van der Waals surface area contributed by atoms with Crippen molar-refractivity contribution in [3.8, 4) is 0 Å². The molecule has 0 aliphatic heterocycles. The third kappa shape index (κ3) is 3.10. The van der Waals surface area contributed by atoms with Crippen molar-refractivity contribution < 1.29 is 4.79 Å². The highest BCUT2D eigenvalue weighted by atomic mass is 16.2. The molecule has 0 saturated heterocycles. The Labute approximate surface area is 133 Å². The van der Waals surface area contributed by atoms with Crippen LogP contribution in [0.2, 0.25) is 0 Å². The Hall–Kier alpha value is -2.64. The molecule has 0 radical (unpaired) electrons. The van der Waals surface area contributed by atoms with Gasteiger partial charge in [0.25, 0.3) is 5.56 Å². The van der Waals surface area contributed by atoms with Crippen molar-refractivity contribution in [3.63, 3.8) is 0 Å². The maximum absolute atomic E-state index is 12.1. The van der Waals surface area contributed by atoms with Crippen LogP contribution in [-0.4, -0.2) is 25.4 Å². The topological polar surface area (TPSA) is 93.8 Å². The van der Waals surface area contributed by atoms with E-state index in [2.05, 4.69) is 20.7 Å². The van der Waals surface area contributed by atoms with Crippen LogP contribution in [0.1, 0.15) is 37.4 Å². The predicted octanol–water partition coefficient (Wildman–Crippen LogP) is 2.04. The number of rotatable bonds is 3. The SMILES string of the molecule is Cc1c(NC(=O)Nc2nccn(C)c2=O)cnn1C1CCCC1. The molecule has 1 saturated carbocycles. The molecule has 2 aromatic rings. The second-order valence-corrected chi connectivity index (χ2v) is 5.80. The summed E-state index contributed by atoms with van der Waals surface area (Å²) in [5.41, 5.74) is 1.20. The Morgan fingerprint density at radius 2 is 2.04 bits per heavy atom. The lowest BCUT2D eigenvalue weighted by Crippen LogP contribution is -2.28. The van der Waals surface area contributed by atoms with Crippen LogP contribution in [0.5, 0.6) is 0 Å². The van der Waals surface area contributed by atoms with E-state index in [9.17, 15) is 9.59 Å². The molecule has 1 fully saturated rings. The average Bonchev–Trinajstić information content (AvgIpc) is 3.15. The smallest absolute Gasteiger partial charge is 0.314 e. The van der Waals surface area contributed by atoms with E-state index >= 15 is 0 Å². The van der Waals surface area contributed by atoms with Gasteiger partial charge in [-0.15, -0.1) is 0 Å². The van der Waals surface area contributed by atoms with Crippen LogP contribution in [0.25, 0.3) is 0 Å². The molecule has 23 heavy (non-hydrogen) atoms. The van der Waals surface area contributed by atoms with Gasteiger partial charge < -0.3 is 9.88 Å². The van der Waals surface area contributed by atoms with Gasteiger partial charge in [0.1, 0.15) is 0 Å². The van der Waals surface area contributed by atoms with E-state index in [0.29, 0.717) is 11.7 Å². The molecule has 122 valence electrons. The first kappa shape index (κ1) is 15.3. The molecule has 0 atom stereocenters. The zero-order chi connectivity index (χ0) is 16.4. The fourth-order valence-corrected chi connectivity index (χ4v) is 2.91. The lowest BCUT2D eigenvalue weighted by molar-refractivity contribution is 0.262. The summed E-state index contributed by atoms with van der Waals surface area (Å²) in [7, 11) is 1.60. The van der Waals surface area contributed by atoms with Gasteiger partial charge in [0.2, 0.25) is 5.82 Å². The lowest BCUT2D eigenvalue weighted by Gasteiger charge is -2.13.